The van der Waals surface area contributed by atoms with Gasteiger partial charge in [0.2, 0.25) is 0 Å². The molecule has 2 aromatic carbocycles. The van der Waals surface area contributed by atoms with Crippen molar-refractivity contribution in [1.29, 1.82) is 0 Å². The molecule has 1 unspecified atom stereocenters. The summed E-state index contributed by atoms with van der Waals surface area (Å²) in [5.74, 6) is -0.221. The normalized spacial score (nSPS) is 13.2. The van der Waals surface area contributed by atoms with Crippen molar-refractivity contribution in [3.05, 3.63) is 83.2 Å². The predicted molar refractivity (Wildman–Crippen MR) is 101 cm³/mol. The van der Waals surface area contributed by atoms with E-state index in [4.69, 9.17) is 0 Å². The van der Waals surface area contributed by atoms with Crippen molar-refractivity contribution in [2.75, 3.05) is 6.54 Å². The van der Waals surface area contributed by atoms with E-state index in [2.05, 4.69) is 10.4 Å². The molecule has 5 nitrogen and oxygen atoms in total. The molecule has 0 aliphatic rings. The average Bonchev–Trinajstić information content (AvgIpc) is 2.99. The zero-order valence-electron chi connectivity index (χ0n) is 15.2. The summed E-state index contributed by atoms with van der Waals surface area (Å²) in [6.07, 6.45) is 0. The molecule has 0 saturated carbocycles. The Kier molecular flexibility index (Phi) is 4.91. The molecule has 1 atom stereocenters. The number of benzene rings is 2. The third-order valence-corrected chi connectivity index (χ3v) is 4.37. The van der Waals surface area contributed by atoms with Crippen LogP contribution in [0.5, 0.6) is 0 Å². The van der Waals surface area contributed by atoms with Crippen molar-refractivity contribution in [2.45, 2.75) is 26.4 Å². The highest BCUT2D eigenvalue weighted by Gasteiger charge is 2.23. The number of aromatic nitrogens is 2. The van der Waals surface area contributed by atoms with E-state index in [1.807, 2.05) is 67.1 Å². The maximum atomic E-state index is 12.4. The fourth-order valence-corrected chi connectivity index (χ4v) is 2.90. The lowest BCUT2D eigenvalue weighted by Gasteiger charge is -2.24. The molecule has 26 heavy (non-hydrogen) atoms. The number of hydrogen-bond donors (Lipinski definition) is 2. The molecule has 1 heterocycles. The molecule has 0 fully saturated rings. The molecule has 1 amide bonds. The molecule has 0 aliphatic heterocycles. The largest absolute Gasteiger partial charge is 0.384 e. The van der Waals surface area contributed by atoms with Crippen LogP contribution in [0.1, 0.15) is 34.2 Å². The Hall–Kier alpha value is -2.92. The second kappa shape index (κ2) is 7.14. The number of aliphatic hydroxyl groups is 1. The van der Waals surface area contributed by atoms with Crippen LogP contribution >= 0.6 is 0 Å². The summed E-state index contributed by atoms with van der Waals surface area (Å²) in [5.41, 5.74) is 3.08. The number of carbonyl (C=O) groups excluding carboxylic acids is 1. The van der Waals surface area contributed by atoms with Gasteiger partial charge in [0.05, 0.1) is 17.9 Å². The Balaban J connectivity index is 1.68. The molecule has 3 aromatic rings. The van der Waals surface area contributed by atoms with Gasteiger partial charge in [-0.05, 0) is 56.7 Å². The van der Waals surface area contributed by atoms with E-state index in [0.717, 1.165) is 22.6 Å². The summed E-state index contributed by atoms with van der Waals surface area (Å²) in [6, 6.07) is 18.6. The number of rotatable bonds is 5. The van der Waals surface area contributed by atoms with Crippen molar-refractivity contribution in [2.24, 2.45) is 0 Å². The minimum Gasteiger partial charge on any atom is -0.384 e. The van der Waals surface area contributed by atoms with Gasteiger partial charge in [0, 0.05) is 11.3 Å². The number of nitrogens with one attached hydrogen (secondary N) is 1. The Bertz CT molecular complexity index is 897. The van der Waals surface area contributed by atoms with Gasteiger partial charge in [-0.1, -0.05) is 30.3 Å². The van der Waals surface area contributed by atoms with Crippen LogP contribution in [0.2, 0.25) is 0 Å². The molecule has 0 aliphatic carbocycles. The monoisotopic (exact) mass is 349 g/mol. The van der Waals surface area contributed by atoms with Crippen LogP contribution in [0.3, 0.4) is 0 Å². The van der Waals surface area contributed by atoms with Crippen molar-refractivity contribution in [3.8, 4) is 5.69 Å². The zero-order valence-corrected chi connectivity index (χ0v) is 15.2. The highest BCUT2D eigenvalue weighted by atomic mass is 16.3. The molecule has 0 bridgehead atoms. The van der Waals surface area contributed by atoms with Gasteiger partial charge in [0.1, 0.15) is 5.60 Å². The lowest BCUT2D eigenvalue weighted by molar-refractivity contribution is 0.0526. The Morgan fingerprint density at radius 3 is 2.35 bits per heavy atom. The molecule has 0 spiro atoms. The minimum atomic E-state index is -1.12. The molecular formula is C21H23N3O2. The third kappa shape index (κ3) is 3.83. The van der Waals surface area contributed by atoms with E-state index in [-0.39, 0.29) is 12.5 Å². The van der Waals surface area contributed by atoms with Crippen LogP contribution in [-0.2, 0) is 5.60 Å². The van der Waals surface area contributed by atoms with Gasteiger partial charge < -0.3 is 10.4 Å². The van der Waals surface area contributed by atoms with E-state index >= 15 is 0 Å². The average molecular weight is 349 g/mol. The van der Waals surface area contributed by atoms with Gasteiger partial charge in [-0.2, -0.15) is 5.10 Å². The molecule has 5 heteroatoms. The molecule has 3 rings (SSSR count). The smallest absolute Gasteiger partial charge is 0.251 e. The van der Waals surface area contributed by atoms with Crippen molar-refractivity contribution in [3.63, 3.8) is 0 Å². The topological polar surface area (TPSA) is 67.2 Å². The summed E-state index contributed by atoms with van der Waals surface area (Å²) in [6.45, 7) is 5.76. The zero-order chi connectivity index (χ0) is 18.7. The van der Waals surface area contributed by atoms with Gasteiger partial charge >= 0.3 is 0 Å². The van der Waals surface area contributed by atoms with E-state index in [1.54, 1.807) is 19.1 Å². The predicted octanol–water partition coefficient (Wildman–Crippen LogP) is 3.13. The Labute approximate surface area is 153 Å². The van der Waals surface area contributed by atoms with Crippen molar-refractivity contribution < 1.29 is 9.90 Å². The van der Waals surface area contributed by atoms with Crippen molar-refractivity contribution >= 4 is 5.91 Å². The first-order valence-electron chi connectivity index (χ1n) is 8.57. The number of amides is 1. The Morgan fingerprint density at radius 1 is 1.12 bits per heavy atom. The molecule has 1 aromatic heterocycles. The molecule has 0 saturated heterocycles. The third-order valence-electron chi connectivity index (χ3n) is 4.37. The van der Waals surface area contributed by atoms with Gasteiger partial charge in [0.15, 0.2) is 0 Å². The highest BCUT2D eigenvalue weighted by Crippen LogP contribution is 2.19. The fraction of sp³-hybridized carbons (Fsp3) is 0.238. The molecular weight excluding hydrogens is 326 g/mol. The van der Waals surface area contributed by atoms with Crippen LogP contribution in [0.4, 0.5) is 0 Å². The van der Waals surface area contributed by atoms with Gasteiger partial charge in [-0.25, -0.2) is 4.68 Å². The molecule has 2 N–H and O–H groups in total. The summed E-state index contributed by atoms with van der Waals surface area (Å²) < 4.78 is 1.84. The van der Waals surface area contributed by atoms with E-state index in [9.17, 15) is 9.90 Å². The summed E-state index contributed by atoms with van der Waals surface area (Å²) >= 11 is 0. The number of aryl methyl sites for hydroxylation is 2. The second-order valence-electron chi connectivity index (χ2n) is 6.71. The maximum absolute atomic E-state index is 12.4. The first-order valence-corrected chi connectivity index (χ1v) is 8.57. The van der Waals surface area contributed by atoms with Gasteiger partial charge in [-0.15, -0.1) is 0 Å². The molecule has 0 radical (unpaired) electrons. The highest BCUT2D eigenvalue weighted by molar-refractivity contribution is 5.94. The first-order chi connectivity index (χ1) is 12.4. The maximum Gasteiger partial charge on any atom is 0.251 e. The number of carbonyl (C=O) groups is 1. The quantitative estimate of drug-likeness (QED) is 0.744. The van der Waals surface area contributed by atoms with Crippen molar-refractivity contribution in [1.82, 2.24) is 15.1 Å². The summed E-state index contributed by atoms with van der Waals surface area (Å²) in [5, 5.41) is 17.8. The van der Waals surface area contributed by atoms with Crippen LogP contribution < -0.4 is 5.32 Å². The lowest BCUT2D eigenvalue weighted by atomic mass is 9.96. The second-order valence-corrected chi connectivity index (χ2v) is 6.71. The van der Waals surface area contributed by atoms with Gasteiger partial charge in [-0.3, -0.25) is 4.79 Å². The van der Waals surface area contributed by atoms with Gasteiger partial charge in [0.25, 0.3) is 5.91 Å². The summed E-state index contributed by atoms with van der Waals surface area (Å²) in [4.78, 5) is 12.4. The SMILES string of the molecule is Cc1cc(C)n(-c2ccc(C(=O)NCC(C)(O)c3ccccc3)cc2)n1. The van der Waals surface area contributed by atoms with Crippen LogP contribution in [-0.4, -0.2) is 27.3 Å². The van der Waals surface area contributed by atoms with Crippen LogP contribution in [0.25, 0.3) is 5.69 Å². The number of hydrogen-bond acceptors (Lipinski definition) is 3. The number of nitrogens with zero attached hydrogens (tertiary/aromatic N) is 2. The van der Waals surface area contributed by atoms with E-state index in [1.165, 1.54) is 0 Å². The molecule has 134 valence electrons. The Morgan fingerprint density at radius 2 is 1.77 bits per heavy atom. The fourth-order valence-electron chi connectivity index (χ4n) is 2.90. The summed E-state index contributed by atoms with van der Waals surface area (Å²) in [7, 11) is 0. The first kappa shape index (κ1) is 17.9. The van der Waals surface area contributed by atoms with E-state index in [0.29, 0.717) is 5.56 Å². The van der Waals surface area contributed by atoms with Crippen LogP contribution in [0, 0.1) is 13.8 Å². The minimum absolute atomic E-state index is 0.134. The lowest BCUT2D eigenvalue weighted by Crippen LogP contribution is -2.38. The van der Waals surface area contributed by atoms with E-state index < -0.39 is 5.60 Å². The standard InChI is InChI=1S/C21H23N3O2/c1-15-13-16(2)24(23-15)19-11-9-17(10-12-19)20(25)22-14-21(3,26)18-7-5-4-6-8-18/h4-13,26H,14H2,1-3H3,(H,22,25). The van der Waals surface area contributed by atoms with Crippen LogP contribution in [0.15, 0.2) is 60.7 Å².